The van der Waals surface area contributed by atoms with Gasteiger partial charge in [0.25, 0.3) is 0 Å². The quantitative estimate of drug-likeness (QED) is 0.571. The van der Waals surface area contributed by atoms with Crippen LogP contribution in [0.4, 0.5) is 0 Å². The summed E-state index contributed by atoms with van der Waals surface area (Å²) in [7, 11) is 0. The SMILES string of the molecule is CC(=O)[C@H]1COC(O)[C@H]1C. The van der Waals surface area contributed by atoms with Crippen LogP contribution in [0.25, 0.3) is 0 Å². The fourth-order valence-corrected chi connectivity index (χ4v) is 1.19. The predicted molar refractivity (Wildman–Crippen MR) is 35.3 cm³/mol. The van der Waals surface area contributed by atoms with Crippen LogP contribution in [-0.4, -0.2) is 23.8 Å². The highest BCUT2D eigenvalue weighted by molar-refractivity contribution is 5.78. The number of ketones is 1. The first kappa shape index (κ1) is 7.69. The number of hydrogen-bond acceptors (Lipinski definition) is 3. The van der Waals surface area contributed by atoms with Gasteiger partial charge in [0.2, 0.25) is 0 Å². The van der Waals surface area contributed by atoms with Crippen molar-refractivity contribution in [2.45, 2.75) is 20.1 Å². The fraction of sp³-hybridized carbons (Fsp3) is 0.857. The molecule has 0 amide bonds. The molecule has 10 heavy (non-hydrogen) atoms. The highest BCUT2D eigenvalue weighted by Gasteiger charge is 2.34. The monoisotopic (exact) mass is 144 g/mol. The Balaban J connectivity index is 2.57. The second-order valence-corrected chi connectivity index (χ2v) is 2.80. The molecule has 0 radical (unpaired) electrons. The summed E-state index contributed by atoms with van der Waals surface area (Å²) < 4.78 is 4.87. The van der Waals surface area contributed by atoms with Crippen LogP contribution < -0.4 is 0 Å². The van der Waals surface area contributed by atoms with Gasteiger partial charge in [-0.05, 0) is 6.92 Å². The number of hydrogen-bond donors (Lipinski definition) is 1. The molecule has 1 aliphatic rings. The van der Waals surface area contributed by atoms with Crippen molar-refractivity contribution in [1.82, 2.24) is 0 Å². The number of aliphatic hydroxyl groups is 1. The number of Topliss-reactive ketones (excluding diaryl/α,β-unsaturated/α-hetero) is 1. The zero-order valence-corrected chi connectivity index (χ0v) is 6.20. The van der Waals surface area contributed by atoms with E-state index in [4.69, 9.17) is 9.84 Å². The third-order valence-corrected chi connectivity index (χ3v) is 2.05. The van der Waals surface area contributed by atoms with E-state index >= 15 is 0 Å². The van der Waals surface area contributed by atoms with Crippen LogP contribution in [0, 0.1) is 11.8 Å². The summed E-state index contributed by atoms with van der Waals surface area (Å²) in [5, 5.41) is 9.04. The Labute approximate surface area is 60.0 Å². The number of aliphatic hydroxyl groups excluding tert-OH is 1. The molecule has 58 valence electrons. The van der Waals surface area contributed by atoms with Crippen molar-refractivity contribution in [3.63, 3.8) is 0 Å². The Bertz CT molecular complexity index is 144. The summed E-state index contributed by atoms with van der Waals surface area (Å²) in [5.74, 6) is -0.0449. The van der Waals surface area contributed by atoms with Gasteiger partial charge in [-0.1, -0.05) is 6.92 Å². The average Bonchev–Trinajstić information content (AvgIpc) is 2.14. The molecule has 0 aromatic carbocycles. The van der Waals surface area contributed by atoms with Crippen LogP contribution in [-0.2, 0) is 9.53 Å². The topological polar surface area (TPSA) is 46.5 Å². The minimum Gasteiger partial charge on any atom is -0.368 e. The molecular weight excluding hydrogens is 132 g/mol. The van der Waals surface area contributed by atoms with Crippen LogP contribution in [0.5, 0.6) is 0 Å². The van der Waals surface area contributed by atoms with Crippen molar-refractivity contribution >= 4 is 5.78 Å². The second kappa shape index (κ2) is 2.68. The van der Waals surface area contributed by atoms with E-state index in [0.29, 0.717) is 6.61 Å². The van der Waals surface area contributed by atoms with Gasteiger partial charge in [0, 0.05) is 11.8 Å². The van der Waals surface area contributed by atoms with Crippen molar-refractivity contribution in [1.29, 1.82) is 0 Å². The summed E-state index contributed by atoms with van der Waals surface area (Å²) in [5.41, 5.74) is 0. The largest absolute Gasteiger partial charge is 0.368 e. The van der Waals surface area contributed by atoms with E-state index in [-0.39, 0.29) is 17.6 Å². The van der Waals surface area contributed by atoms with Gasteiger partial charge in [-0.15, -0.1) is 0 Å². The van der Waals surface area contributed by atoms with Crippen LogP contribution >= 0.6 is 0 Å². The zero-order valence-electron chi connectivity index (χ0n) is 6.20. The Morgan fingerprint density at radius 2 is 2.30 bits per heavy atom. The van der Waals surface area contributed by atoms with Gasteiger partial charge in [-0.25, -0.2) is 0 Å². The molecule has 3 atom stereocenters. The molecule has 3 heteroatoms. The highest BCUT2D eigenvalue weighted by atomic mass is 16.6. The van der Waals surface area contributed by atoms with Gasteiger partial charge >= 0.3 is 0 Å². The first-order chi connectivity index (χ1) is 4.63. The van der Waals surface area contributed by atoms with Crippen LogP contribution in [0.1, 0.15) is 13.8 Å². The normalized spacial score (nSPS) is 40.1. The van der Waals surface area contributed by atoms with Crippen molar-refractivity contribution in [2.75, 3.05) is 6.61 Å². The molecule has 1 aliphatic heterocycles. The van der Waals surface area contributed by atoms with Crippen molar-refractivity contribution < 1.29 is 14.6 Å². The highest BCUT2D eigenvalue weighted by Crippen LogP contribution is 2.25. The maximum absolute atomic E-state index is 10.8. The van der Waals surface area contributed by atoms with E-state index in [1.807, 2.05) is 6.92 Å². The van der Waals surface area contributed by atoms with Gasteiger partial charge in [0.15, 0.2) is 6.29 Å². The molecule has 1 N–H and O–H groups in total. The number of carbonyl (C=O) groups excluding carboxylic acids is 1. The molecule has 1 rings (SSSR count). The molecule has 0 aromatic heterocycles. The maximum atomic E-state index is 10.8. The second-order valence-electron chi connectivity index (χ2n) is 2.80. The molecular formula is C7H12O3. The third kappa shape index (κ3) is 1.20. The Hall–Kier alpha value is -0.410. The van der Waals surface area contributed by atoms with Crippen molar-refractivity contribution in [3.05, 3.63) is 0 Å². The minimum absolute atomic E-state index is 0.0440. The maximum Gasteiger partial charge on any atom is 0.157 e. The van der Waals surface area contributed by atoms with Crippen LogP contribution in [0.2, 0.25) is 0 Å². The number of carbonyl (C=O) groups is 1. The Kier molecular flexibility index (Phi) is 2.06. The molecule has 0 bridgehead atoms. The summed E-state index contributed by atoms with van der Waals surface area (Å²) in [6.45, 7) is 3.73. The molecule has 1 heterocycles. The first-order valence-corrected chi connectivity index (χ1v) is 3.43. The number of ether oxygens (including phenoxy) is 1. The first-order valence-electron chi connectivity index (χ1n) is 3.43. The van der Waals surface area contributed by atoms with Gasteiger partial charge < -0.3 is 9.84 Å². The minimum atomic E-state index is -0.742. The molecule has 3 nitrogen and oxygen atoms in total. The lowest BCUT2D eigenvalue weighted by Gasteiger charge is -2.10. The molecule has 1 fully saturated rings. The fourth-order valence-electron chi connectivity index (χ4n) is 1.19. The van der Waals surface area contributed by atoms with E-state index in [1.54, 1.807) is 0 Å². The lowest BCUT2D eigenvalue weighted by Crippen LogP contribution is -2.21. The van der Waals surface area contributed by atoms with Crippen molar-refractivity contribution in [2.24, 2.45) is 11.8 Å². The van der Waals surface area contributed by atoms with Crippen molar-refractivity contribution in [3.8, 4) is 0 Å². The molecule has 0 aliphatic carbocycles. The van der Waals surface area contributed by atoms with E-state index < -0.39 is 6.29 Å². The smallest absolute Gasteiger partial charge is 0.157 e. The average molecular weight is 144 g/mol. The van der Waals surface area contributed by atoms with Crippen LogP contribution in [0.3, 0.4) is 0 Å². The third-order valence-electron chi connectivity index (χ3n) is 2.05. The lowest BCUT2D eigenvalue weighted by atomic mass is 9.94. The molecule has 1 saturated heterocycles. The van der Waals surface area contributed by atoms with Gasteiger partial charge in [-0.3, -0.25) is 4.79 Å². The summed E-state index contributed by atoms with van der Waals surface area (Å²) in [4.78, 5) is 10.8. The summed E-state index contributed by atoms with van der Waals surface area (Å²) in [6.07, 6.45) is -0.742. The van der Waals surface area contributed by atoms with E-state index in [0.717, 1.165) is 0 Å². The van der Waals surface area contributed by atoms with Gasteiger partial charge in [0.05, 0.1) is 6.61 Å². The molecule has 0 spiro atoms. The zero-order chi connectivity index (χ0) is 7.72. The number of rotatable bonds is 1. The molecule has 0 saturated carbocycles. The lowest BCUT2D eigenvalue weighted by molar-refractivity contribution is -0.121. The molecule has 0 aromatic rings. The summed E-state index contributed by atoms with van der Waals surface area (Å²) >= 11 is 0. The molecule has 1 unspecified atom stereocenters. The summed E-state index contributed by atoms with van der Waals surface area (Å²) in [6, 6.07) is 0. The predicted octanol–water partition coefficient (Wildman–Crippen LogP) is 0.176. The van der Waals surface area contributed by atoms with E-state index in [1.165, 1.54) is 6.92 Å². The van der Waals surface area contributed by atoms with E-state index in [9.17, 15) is 4.79 Å². The van der Waals surface area contributed by atoms with Gasteiger partial charge in [-0.2, -0.15) is 0 Å². The van der Waals surface area contributed by atoms with E-state index in [2.05, 4.69) is 0 Å². The standard InChI is InChI=1S/C7H12O3/c1-4-6(5(2)8)3-10-7(4)9/h4,6-7,9H,3H2,1-2H3/t4-,6-,7?/m0/s1. The van der Waals surface area contributed by atoms with Crippen LogP contribution in [0.15, 0.2) is 0 Å². The Morgan fingerprint density at radius 1 is 1.70 bits per heavy atom. The van der Waals surface area contributed by atoms with Gasteiger partial charge in [0.1, 0.15) is 5.78 Å². The Morgan fingerprint density at radius 3 is 2.50 bits per heavy atom.